The van der Waals surface area contributed by atoms with Gasteiger partial charge in [-0.25, -0.2) is 17.2 Å². The van der Waals surface area contributed by atoms with E-state index in [4.69, 9.17) is 4.42 Å². The molecule has 0 spiro atoms. The second-order valence-corrected chi connectivity index (χ2v) is 12.5. The lowest BCUT2D eigenvalue weighted by molar-refractivity contribution is 0.0964. The summed E-state index contributed by atoms with van der Waals surface area (Å²) in [7, 11) is -2.28. The molecule has 0 atom stereocenters. The number of nitrogens with one attached hydrogen (secondary N) is 2. The van der Waals surface area contributed by atoms with Gasteiger partial charge in [0.05, 0.1) is 23.5 Å². The number of nitrogens with zero attached hydrogens (tertiary/aromatic N) is 1. The Balaban J connectivity index is 1.56. The Hall–Kier alpha value is -5.29. The molecule has 8 nitrogen and oxygen atoms in total. The quantitative estimate of drug-likeness (QED) is 0.199. The average Bonchev–Trinajstić information content (AvgIpc) is 3.41. The minimum Gasteiger partial charge on any atom is -0.455 e. The topological polar surface area (TPSA) is 110 Å². The van der Waals surface area contributed by atoms with E-state index in [2.05, 4.69) is 10.0 Å². The first-order valence-electron chi connectivity index (χ1n) is 14.0. The molecule has 0 radical (unpaired) electrons. The molecule has 6 aromatic rings. The fraction of sp³-hybridized carbons (Fsp3) is 0.118. The van der Waals surface area contributed by atoms with E-state index in [1.54, 1.807) is 48.7 Å². The maximum Gasteiger partial charge on any atom is 0.258 e. The number of pyridine rings is 1. The summed E-state index contributed by atoms with van der Waals surface area (Å²) in [5.74, 6) is -1.29. The maximum atomic E-state index is 13.7. The zero-order valence-corrected chi connectivity index (χ0v) is 25.0. The van der Waals surface area contributed by atoms with Crippen LogP contribution < -0.4 is 15.6 Å². The molecule has 0 fully saturated rings. The van der Waals surface area contributed by atoms with E-state index in [0.717, 1.165) is 5.56 Å². The van der Waals surface area contributed by atoms with Crippen LogP contribution in [0.1, 0.15) is 22.8 Å². The number of anilines is 1. The smallest absolute Gasteiger partial charge is 0.258 e. The van der Waals surface area contributed by atoms with Crippen LogP contribution in [0.2, 0.25) is 0 Å². The maximum absolute atomic E-state index is 13.7. The summed E-state index contributed by atoms with van der Waals surface area (Å²) in [5.41, 5.74) is 2.44. The molecule has 1 amide bonds. The second kappa shape index (κ2) is 11.7. The first-order valence-corrected chi connectivity index (χ1v) is 15.7. The van der Waals surface area contributed by atoms with E-state index in [1.165, 1.54) is 61.0 Å². The Morgan fingerprint density at radius 2 is 1.53 bits per heavy atom. The molecule has 0 saturated heterocycles. The molecule has 0 bridgehead atoms. The summed E-state index contributed by atoms with van der Waals surface area (Å²) < 4.78 is 62.8. The van der Waals surface area contributed by atoms with Gasteiger partial charge in [0, 0.05) is 41.2 Å². The zero-order chi connectivity index (χ0) is 31.9. The molecular formula is C34H27F2N3O5S. The molecule has 11 heteroatoms. The minimum absolute atomic E-state index is 0.188. The number of carbonyl (C=O) groups excluding carboxylic acids is 1. The highest BCUT2D eigenvalue weighted by Gasteiger charge is 2.24. The van der Waals surface area contributed by atoms with Crippen LogP contribution in [-0.4, -0.2) is 31.7 Å². The highest BCUT2D eigenvalue weighted by atomic mass is 32.2. The van der Waals surface area contributed by atoms with Crippen LogP contribution in [0.5, 0.6) is 0 Å². The molecule has 2 heterocycles. The second-order valence-electron chi connectivity index (χ2n) is 10.5. The van der Waals surface area contributed by atoms with Crippen molar-refractivity contribution in [3.63, 3.8) is 0 Å². The summed E-state index contributed by atoms with van der Waals surface area (Å²) in [4.78, 5) is 26.8. The number of furan rings is 1. The lowest BCUT2D eigenvalue weighted by atomic mass is 9.97. The van der Waals surface area contributed by atoms with Crippen LogP contribution in [0.25, 0.3) is 44.2 Å². The van der Waals surface area contributed by atoms with Crippen molar-refractivity contribution in [2.75, 3.05) is 17.5 Å². The van der Waals surface area contributed by atoms with Gasteiger partial charge >= 0.3 is 0 Å². The van der Waals surface area contributed by atoms with Gasteiger partial charge in [-0.1, -0.05) is 24.3 Å². The van der Waals surface area contributed by atoms with Crippen LogP contribution in [0, 0.1) is 11.6 Å². The molecule has 45 heavy (non-hydrogen) atoms. The van der Waals surface area contributed by atoms with Gasteiger partial charge in [-0.05, 0) is 78.0 Å². The van der Waals surface area contributed by atoms with Crippen molar-refractivity contribution in [3.05, 3.63) is 124 Å². The Morgan fingerprint density at radius 1 is 0.867 bits per heavy atom. The number of hydrogen-bond donors (Lipinski definition) is 2. The third-order valence-corrected chi connectivity index (χ3v) is 8.88. The SMILES string of the molecule is CCS(=O)(=O)Nc1cc2oc(-c3ccc(F)cc3)c(C(=O)NC)c2cc1-c1ccc2ccn(Cc3ccc(F)cc3)c(=O)c2c1. The fourth-order valence-electron chi connectivity index (χ4n) is 5.22. The number of sulfonamides is 1. The average molecular weight is 628 g/mol. The number of halogens is 2. The monoisotopic (exact) mass is 627 g/mol. The van der Waals surface area contributed by atoms with E-state index in [1.807, 2.05) is 0 Å². The van der Waals surface area contributed by atoms with E-state index >= 15 is 0 Å². The number of rotatable bonds is 8. The van der Waals surface area contributed by atoms with Gasteiger partial charge in [0.25, 0.3) is 11.5 Å². The third kappa shape index (κ3) is 5.82. The van der Waals surface area contributed by atoms with E-state index in [-0.39, 0.29) is 46.3 Å². The van der Waals surface area contributed by atoms with Crippen LogP contribution >= 0.6 is 0 Å². The summed E-state index contributed by atoms with van der Waals surface area (Å²) in [6.45, 7) is 1.73. The van der Waals surface area contributed by atoms with Gasteiger partial charge in [-0.2, -0.15) is 0 Å². The van der Waals surface area contributed by atoms with E-state index < -0.39 is 21.7 Å². The van der Waals surface area contributed by atoms with Crippen LogP contribution in [0.3, 0.4) is 0 Å². The van der Waals surface area contributed by atoms with Gasteiger partial charge in [-0.15, -0.1) is 0 Å². The molecule has 0 unspecified atom stereocenters. The van der Waals surface area contributed by atoms with Crippen molar-refractivity contribution in [1.82, 2.24) is 9.88 Å². The van der Waals surface area contributed by atoms with Crippen LogP contribution in [0.15, 0.2) is 100 Å². The highest BCUT2D eigenvalue weighted by molar-refractivity contribution is 7.92. The predicted octanol–water partition coefficient (Wildman–Crippen LogP) is 6.53. The number of hydrogen-bond acceptors (Lipinski definition) is 5. The third-order valence-electron chi connectivity index (χ3n) is 7.59. The predicted molar refractivity (Wildman–Crippen MR) is 171 cm³/mol. The van der Waals surface area contributed by atoms with E-state index in [0.29, 0.717) is 32.8 Å². The fourth-order valence-corrected chi connectivity index (χ4v) is 5.87. The van der Waals surface area contributed by atoms with Gasteiger partial charge in [0.15, 0.2) is 0 Å². The van der Waals surface area contributed by atoms with Crippen molar-refractivity contribution in [3.8, 4) is 22.5 Å². The van der Waals surface area contributed by atoms with Crippen molar-refractivity contribution in [2.24, 2.45) is 0 Å². The van der Waals surface area contributed by atoms with E-state index in [9.17, 15) is 26.8 Å². The largest absolute Gasteiger partial charge is 0.455 e. The van der Waals surface area contributed by atoms with Gasteiger partial charge < -0.3 is 14.3 Å². The Bertz CT molecular complexity index is 2260. The number of carbonyl (C=O) groups is 1. The molecule has 2 N–H and O–H groups in total. The molecule has 228 valence electrons. The normalized spacial score (nSPS) is 11.6. The standard InChI is InChI=1S/C34H27F2N3O5S/c1-3-45(42,43)38-29-18-30-28(31(33(40)37-2)32(44-30)22-8-12-25(36)13-9-22)17-26(29)23-7-6-21-14-15-39(34(41)27(21)16-23)19-20-4-10-24(35)11-5-20/h4-18,38H,3,19H2,1-2H3,(H,37,40). The molecule has 0 aliphatic heterocycles. The summed E-state index contributed by atoms with van der Waals surface area (Å²) in [6.07, 6.45) is 1.67. The van der Waals surface area contributed by atoms with Crippen LogP contribution in [0.4, 0.5) is 14.5 Å². The van der Waals surface area contributed by atoms with Crippen molar-refractivity contribution in [2.45, 2.75) is 13.5 Å². The number of fused-ring (bicyclic) bond motifs is 2. The number of benzene rings is 4. The lowest BCUT2D eigenvalue weighted by Crippen LogP contribution is -2.20. The first-order chi connectivity index (χ1) is 21.6. The number of amides is 1. The molecular weight excluding hydrogens is 600 g/mol. The highest BCUT2D eigenvalue weighted by Crippen LogP contribution is 2.40. The molecule has 0 saturated carbocycles. The van der Waals surface area contributed by atoms with Crippen molar-refractivity contribution >= 4 is 43.4 Å². The first kappa shape index (κ1) is 29.8. The Kier molecular flexibility index (Phi) is 7.71. The van der Waals surface area contributed by atoms with Gasteiger partial charge in [-0.3, -0.25) is 14.3 Å². The van der Waals surface area contributed by atoms with Gasteiger partial charge in [0.1, 0.15) is 23.0 Å². The summed E-state index contributed by atoms with van der Waals surface area (Å²) >= 11 is 0. The lowest BCUT2D eigenvalue weighted by Gasteiger charge is -2.14. The molecule has 4 aromatic carbocycles. The Morgan fingerprint density at radius 3 is 2.20 bits per heavy atom. The molecule has 2 aromatic heterocycles. The minimum atomic E-state index is -3.75. The van der Waals surface area contributed by atoms with Crippen LogP contribution in [-0.2, 0) is 16.6 Å². The molecule has 6 rings (SSSR count). The van der Waals surface area contributed by atoms with Crippen molar-refractivity contribution < 1.29 is 26.4 Å². The summed E-state index contributed by atoms with van der Waals surface area (Å²) in [6, 6.07) is 21.5. The summed E-state index contributed by atoms with van der Waals surface area (Å²) in [5, 5.41) is 4.06. The van der Waals surface area contributed by atoms with Crippen molar-refractivity contribution in [1.29, 1.82) is 0 Å². The Labute approximate surface area is 257 Å². The number of aromatic nitrogens is 1. The molecule has 0 aliphatic rings. The van der Waals surface area contributed by atoms with Gasteiger partial charge in [0.2, 0.25) is 10.0 Å². The molecule has 0 aliphatic carbocycles. The zero-order valence-electron chi connectivity index (χ0n) is 24.2.